The van der Waals surface area contributed by atoms with E-state index in [1.54, 1.807) is 40.7 Å². The van der Waals surface area contributed by atoms with Crippen LogP contribution in [0.5, 0.6) is 11.5 Å². The van der Waals surface area contributed by atoms with Gasteiger partial charge in [0.25, 0.3) is 5.91 Å². The summed E-state index contributed by atoms with van der Waals surface area (Å²) in [4.78, 5) is 19.2. The first kappa shape index (κ1) is 23.7. The van der Waals surface area contributed by atoms with Gasteiger partial charge in [-0.1, -0.05) is 23.7 Å². The van der Waals surface area contributed by atoms with E-state index in [1.165, 1.54) is 18.4 Å². The van der Waals surface area contributed by atoms with E-state index < -0.39 is 0 Å². The van der Waals surface area contributed by atoms with Crippen LogP contribution in [-0.2, 0) is 13.2 Å². The number of halogens is 1. The number of nitrogens with zero attached hydrogens (tertiary/aromatic N) is 4. The molecule has 4 rings (SSSR count). The largest absolute Gasteiger partial charge is 0.493 e. The average Bonchev–Trinajstić information content (AvgIpc) is 3.53. The summed E-state index contributed by atoms with van der Waals surface area (Å²) in [5.41, 5.74) is 3.67. The van der Waals surface area contributed by atoms with Crippen LogP contribution in [0.4, 0.5) is 0 Å². The first-order chi connectivity index (χ1) is 16.5. The molecule has 2 heterocycles. The standard InChI is InChI=1S/C24H23ClN4O4S/c1-15(2)29(11-22-27-28-23(33-22)18-6-4-5-7-19(18)25)24(30)16-8-9-20(21(10-16)31-3)32-12-17-13-34-14-26-17/h4-10,13-15H,11-12H2,1-3H3. The quantitative estimate of drug-likeness (QED) is 0.301. The molecule has 0 aliphatic carbocycles. The van der Waals surface area contributed by atoms with Crippen LogP contribution in [0, 0.1) is 0 Å². The van der Waals surface area contributed by atoms with E-state index in [1.807, 2.05) is 31.4 Å². The topological polar surface area (TPSA) is 90.6 Å². The third-order valence-electron chi connectivity index (χ3n) is 5.03. The Morgan fingerprint density at radius 1 is 1.18 bits per heavy atom. The third kappa shape index (κ3) is 5.37. The molecular formula is C24H23ClN4O4S. The number of ether oxygens (including phenoxy) is 2. The predicted molar refractivity (Wildman–Crippen MR) is 129 cm³/mol. The van der Waals surface area contributed by atoms with E-state index in [9.17, 15) is 4.79 Å². The van der Waals surface area contributed by atoms with E-state index in [4.69, 9.17) is 25.5 Å². The number of benzene rings is 2. The van der Waals surface area contributed by atoms with Gasteiger partial charge >= 0.3 is 0 Å². The number of carbonyl (C=O) groups is 1. The molecule has 0 N–H and O–H groups in total. The van der Waals surface area contributed by atoms with Crippen LogP contribution < -0.4 is 9.47 Å². The van der Waals surface area contributed by atoms with Crippen LogP contribution >= 0.6 is 22.9 Å². The second-order valence-electron chi connectivity index (χ2n) is 7.64. The molecule has 176 valence electrons. The zero-order valence-electron chi connectivity index (χ0n) is 18.9. The molecular weight excluding hydrogens is 476 g/mol. The summed E-state index contributed by atoms with van der Waals surface area (Å²) in [7, 11) is 1.54. The number of hydrogen-bond donors (Lipinski definition) is 0. The molecule has 4 aromatic rings. The summed E-state index contributed by atoms with van der Waals surface area (Å²) in [5, 5.41) is 10.6. The van der Waals surface area contributed by atoms with Gasteiger partial charge in [-0.2, -0.15) is 0 Å². The molecule has 0 radical (unpaired) electrons. The van der Waals surface area contributed by atoms with Gasteiger partial charge in [-0.05, 0) is 44.2 Å². The molecule has 8 nitrogen and oxygen atoms in total. The van der Waals surface area contributed by atoms with Gasteiger partial charge in [0.15, 0.2) is 11.5 Å². The Bertz CT molecular complexity index is 1260. The van der Waals surface area contributed by atoms with Gasteiger partial charge in [-0.3, -0.25) is 4.79 Å². The van der Waals surface area contributed by atoms with Crippen LogP contribution in [0.25, 0.3) is 11.5 Å². The van der Waals surface area contributed by atoms with Crippen molar-refractivity contribution in [2.75, 3.05) is 7.11 Å². The maximum absolute atomic E-state index is 13.4. The van der Waals surface area contributed by atoms with Crippen molar-refractivity contribution in [3.8, 4) is 23.0 Å². The Balaban J connectivity index is 1.51. The van der Waals surface area contributed by atoms with Crippen molar-refractivity contribution in [1.29, 1.82) is 0 Å². The summed E-state index contributed by atoms with van der Waals surface area (Å²) >= 11 is 7.73. The molecule has 0 aliphatic heterocycles. The summed E-state index contributed by atoms with van der Waals surface area (Å²) < 4.78 is 17.1. The molecule has 10 heteroatoms. The smallest absolute Gasteiger partial charge is 0.254 e. The third-order valence-corrected chi connectivity index (χ3v) is 6.00. The minimum absolute atomic E-state index is 0.116. The maximum Gasteiger partial charge on any atom is 0.254 e. The lowest BCUT2D eigenvalue weighted by molar-refractivity contribution is 0.0672. The Labute approximate surface area is 206 Å². The van der Waals surface area contributed by atoms with Crippen LogP contribution in [0.2, 0.25) is 5.02 Å². The zero-order valence-corrected chi connectivity index (χ0v) is 20.5. The summed E-state index contributed by atoms with van der Waals surface area (Å²) in [6.07, 6.45) is 0. The Kier molecular flexibility index (Phi) is 7.44. The molecule has 0 saturated heterocycles. The van der Waals surface area contributed by atoms with E-state index in [0.717, 1.165) is 5.69 Å². The van der Waals surface area contributed by atoms with Gasteiger partial charge < -0.3 is 18.8 Å². The van der Waals surface area contributed by atoms with Gasteiger partial charge in [0, 0.05) is 17.0 Å². The molecule has 34 heavy (non-hydrogen) atoms. The normalized spacial score (nSPS) is 11.0. The highest BCUT2D eigenvalue weighted by molar-refractivity contribution is 7.07. The number of aromatic nitrogens is 3. The van der Waals surface area contributed by atoms with E-state index >= 15 is 0 Å². The van der Waals surface area contributed by atoms with Crippen molar-refractivity contribution < 1.29 is 18.7 Å². The molecule has 0 spiro atoms. The first-order valence-electron chi connectivity index (χ1n) is 10.5. The van der Waals surface area contributed by atoms with Crippen molar-refractivity contribution in [2.24, 2.45) is 0 Å². The number of carbonyl (C=O) groups excluding carboxylic acids is 1. The van der Waals surface area contributed by atoms with Crippen molar-refractivity contribution in [1.82, 2.24) is 20.1 Å². The SMILES string of the molecule is COc1cc(C(=O)N(Cc2nnc(-c3ccccc3Cl)o2)C(C)C)ccc1OCc1cscn1. The van der Waals surface area contributed by atoms with Crippen molar-refractivity contribution in [3.63, 3.8) is 0 Å². The molecule has 0 aliphatic rings. The minimum atomic E-state index is -0.197. The Morgan fingerprint density at radius 3 is 2.71 bits per heavy atom. The first-order valence-corrected chi connectivity index (χ1v) is 11.8. The molecule has 0 unspecified atom stereocenters. The van der Waals surface area contributed by atoms with Gasteiger partial charge in [0.1, 0.15) is 6.61 Å². The van der Waals surface area contributed by atoms with Gasteiger partial charge in [0.05, 0.1) is 35.4 Å². The lowest BCUT2D eigenvalue weighted by Gasteiger charge is -2.25. The minimum Gasteiger partial charge on any atom is -0.493 e. The lowest BCUT2D eigenvalue weighted by Crippen LogP contribution is -2.36. The maximum atomic E-state index is 13.4. The molecule has 2 aromatic heterocycles. The van der Waals surface area contributed by atoms with Crippen molar-refractivity contribution in [2.45, 2.75) is 33.0 Å². The predicted octanol–water partition coefficient (Wildman–Crippen LogP) is 5.48. The fourth-order valence-corrected chi connectivity index (χ4v) is 4.00. The molecule has 1 amide bonds. The highest BCUT2D eigenvalue weighted by atomic mass is 35.5. The highest BCUT2D eigenvalue weighted by Crippen LogP contribution is 2.30. The molecule has 0 atom stereocenters. The number of thiazole rings is 1. The fourth-order valence-electron chi connectivity index (χ4n) is 3.24. The van der Waals surface area contributed by atoms with Crippen molar-refractivity contribution >= 4 is 28.8 Å². The summed E-state index contributed by atoms with van der Waals surface area (Å²) in [6.45, 7) is 4.31. The number of amides is 1. The molecule has 0 saturated carbocycles. The molecule has 2 aromatic carbocycles. The van der Waals surface area contributed by atoms with Gasteiger partial charge in [-0.25, -0.2) is 4.98 Å². The van der Waals surface area contributed by atoms with Crippen LogP contribution in [0.15, 0.2) is 57.8 Å². The second kappa shape index (κ2) is 10.7. The zero-order chi connectivity index (χ0) is 24.1. The molecule has 0 fully saturated rings. The monoisotopic (exact) mass is 498 g/mol. The van der Waals surface area contributed by atoms with E-state index in [2.05, 4.69) is 15.2 Å². The summed E-state index contributed by atoms with van der Waals surface area (Å²) in [5.74, 6) is 1.41. The van der Waals surface area contributed by atoms with Gasteiger partial charge in [0.2, 0.25) is 11.8 Å². The van der Waals surface area contributed by atoms with Crippen LogP contribution in [0.3, 0.4) is 0 Å². The molecule has 0 bridgehead atoms. The summed E-state index contributed by atoms with van der Waals surface area (Å²) in [6, 6.07) is 12.2. The second-order valence-corrected chi connectivity index (χ2v) is 8.77. The number of rotatable bonds is 9. The average molecular weight is 499 g/mol. The van der Waals surface area contributed by atoms with Crippen LogP contribution in [0.1, 0.15) is 35.8 Å². The van der Waals surface area contributed by atoms with Crippen LogP contribution in [-0.4, -0.2) is 39.1 Å². The van der Waals surface area contributed by atoms with Gasteiger partial charge in [-0.15, -0.1) is 21.5 Å². The number of methoxy groups -OCH3 is 1. The number of hydrogen-bond acceptors (Lipinski definition) is 8. The lowest BCUT2D eigenvalue weighted by atomic mass is 10.1. The van der Waals surface area contributed by atoms with E-state index in [-0.39, 0.29) is 18.5 Å². The Hall–Kier alpha value is -3.43. The fraction of sp³-hybridized carbons (Fsp3) is 0.250. The Morgan fingerprint density at radius 2 is 2.00 bits per heavy atom. The van der Waals surface area contributed by atoms with E-state index in [0.29, 0.717) is 46.0 Å². The highest BCUT2D eigenvalue weighted by Gasteiger charge is 2.23. The van der Waals surface area contributed by atoms with Crippen molar-refractivity contribution in [3.05, 3.63) is 75.5 Å².